The fraction of sp³-hybridized carbons (Fsp3) is 0.150. The monoisotopic (exact) mass is 396 g/mol. The Bertz CT molecular complexity index is 1120. The molecule has 0 bridgehead atoms. The van der Waals surface area contributed by atoms with Crippen LogP contribution in [0.2, 0.25) is 0 Å². The first-order chi connectivity index (χ1) is 13.6. The van der Waals surface area contributed by atoms with Crippen LogP contribution in [-0.4, -0.2) is 27.3 Å². The maximum absolute atomic E-state index is 13.9. The molecule has 8 heteroatoms. The Labute approximate surface area is 164 Å². The van der Waals surface area contributed by atoms with Crippen molar-refractivity contribution in [2.24, 2.45) is 0 Å². The molecule has 6 nitrogen and oxygen atoms in total. The van der Waals surface area contributed by atoms with E-state index in [2.05, 4.69) is 15.4 Å². The van der Waals surface area contributed by atoms with Crippen molar-refractivity contribution in [2.45, 2.75) is 13.3 Å². The van der Waals surface area contributed by atoms with Crippen molar-refractivity contribution in [3.8, 4) is 10.9 Å². The van der Waals surface area contributed by atoms with Gasteiger partial charge in [-0.2, -0.15) is 9.78 Å². The number of hydrogen-bond donors (Lipinski definition) is 1. The van der Waals surface area contributed by atoms with E-state index in [9.17, 15) is 9.18 Å². The Balaban J connectivity index is 1.48. The van der Waals surface area contributed by atoms with Gasteiger partial charge in [0.1, 0.15) is 22.9 Å². The standard InChI is InChI=1S/C20H17FN4O2S/c1-13-12-17(22-18(26)10-11-27-14-6-3-2-4-7-14)25(24-13)20-23-19-15(21)8-5-9-16(19)28-20/h2-9,12H,10-11H2,1H3,(H,22,26). The number of aromatic nitrogens is 3. The third-order valence-electron chi connectivity index (χ3n) is 3.98. The number of anilines is 1. The van der Waals surface area contributed by atoms with Crippen LogP contribution >= 0.6 is 11.3 Å². The topological polar surface area (TPSA) is 69.0 Å². The number of fused-ring (bicyclic) bond motifs is 1. The van der Waals surface area contributed by atoms with E-state index in [-0.39, 0.29) is 24.8 Å². The highest BCUT2D eigenvalue weighted by molar-refractivity contribution is 7.20. The van der Waals surface area contributed by atoms with E-state index in [1.54, 1.807) is 18.2 Å². The number of hydrogen-bond acceptors (Lipinski definition) is 5. The quantitative estimate of drug-likeness (QED) is 0.526. The molecule has 28 heavy (non-hydrogen) atoms. The van der Waals surface area contributed by atoms with Gasteiger partial charge in [0.15, 0.2) is 0 Å². The molecular formula is C20H17FN4O2S. The van der Waals surface area contributed by atoms with E-state index in [0.717, 1.165) is 10.4 Å². The lowest BCUT2D eigenvalue weighted by Gasteiger charge is -2.08. The lowest BCUT2D eigenvalue weighted by atomic mass is 10.3. The summed E-state index contributed by atoms with van der Waals surface area (Å²) in [6.45, 7) is 2.08. The zero-order valence-corrected chi connectivity index (χ0v) is 15.9. The number of benzene rings is 2. The predicted molar refractivity (Wildman–Crippen MR) is 107 cm³/mol. The molecule has 0 unspecified atom stereocenters. The van der Waals surface area contributed by atoms with Gasteiger partial charge >= 0.3 is 0 Å². The summed E-state index contributed by atoms with van der Waals surface area (Å²) in [6.07, 6.45) is 0.188. The number of nitrogens with one attached hydrogen (secondary N) is 1. The van der Waals surface area contributed by atoms with E-state index < -0.39 is 0 Å². The average Bonchev–Trinajstić information content (AvgIpc) is 3.27. The summed E-state index contributed by atoms with van der Waals surface area (Å²) in [7, 11) is 0. The number of para-hydroxylation sites is 2. The number of carbonyl (C=O) groups is 1. The van der Waals surface area contributed by atoms with Gasteiger partial charge in [0.2, 0.25) is 11.0 Å². The number of carbonyl (C=O) groups excluding carboxylic acids is 1. The van der Waals surface area contributed by atoms with E-state index >= 15 is 0 Å². The molecule has 0 aliphatic rings. The van der Waals surface area contributed by atoms with Gasteiger partial charge in [-0.25, -0.2) is 9.37 Å². The van der Waals surface area contributed by atoms with Crippen LogP contribution in [-0.2, 0) is 4.79 Å². The summed E-state index contributed by atoms with van der Waals surface area (Å²) >= 11 is 1.31. The molecule has 4 aromatic rings. The van der Waals surface area contributed by atoms with Crippen molar-refractivity contribution >= 4 is 33.3 Å². The molecule has 0 aliphatic heterocycles. The van der Waals surface area contributed by atoms with Crippen LogP contribution in [0.3, 0.4) is 0 Å². The van der Waals surface area contributed by atoms with Crippen molar-refractivity contribution in [3.63, 3.8) is 0 Å². The van der Waals surface area contributed by atoms with Crippen LogP contribution in [0.1, 0.15) is 12.1 Å². The zero-order valence-electron chi connectivity index (χ0n) is 15.1. The molecule has 2 aromatic carbocycles. The SMILES string of the molecule is Cc1cc(NC(=O)CCOc2ccccc2)n(-c2nc3c(F)cccc3s2)n1. The first kappa shape index (κ1) is 18.1. The lowest BCUT2D eigenvalue weighted by molar-refractivity contribution is -0.116. The van der Waals surface area contributed by atoms with Crippen molar-refractivity contribution in [1.82, 2.24) is 14.8 Å². The average molecular weight is 396 g/mol. The Hall–Kier alpha value is -3.26. The Morgan fingerprint density at radius 3 is 2.82 bits per heavy atom. The number of halogens is 1. The van der Waals surface area contributed by atoms with Gasteiger partial charge in [0, 0.05) is 6.07 Å². The van der Waals surface area contributed by atoms with E-state index in [1.807, 2.05) is 37.3 Å². The molecule has 0 fully saturated rings. The van der Waals surface area contributed by atoms with Crippen LogP contribution in [0.4, 0.5) is 10.2 Å². The molecule has 4 rings (SSSR count). The second-order valence-corrected chi connectivity index (χ2v) is 7.13. The number of amides is 1. The van der Waals surface area contributed by atoms with Gasteiger partial charge in [-0.1, -0.05) is 35.6 Å². The minimum Gasteiger partial charge on any atom is -0.493 e. The van der Waals surface area contributed by atoms with E-state index in [4.69, 9.17) is 4.74 Å². The maximum atomic E-state index is 13.9. The molecule has 1 amide bonds. The molecule has 0 spiro atoms. The molecule has 0 saturated carbocycles. The molecule has 0 aliphatic carbocycles. The highest BCUT2D eigenvalue weighted by Gasteiger charge is 2.16. The molecule has 2 aromatic heterocycles. The molecule has 2 heterocycles. The fourth-order valence-corrected chi connectivity index (χ4v) is 3.66. The number of nitrogens with zero attached hydrogens (tertiary/aromatic N) is 3. The number of thiazole rings is 1. The molecule has 0 radical (unpaired) electrons. The van der Waals surface area contributed by atoms with Crippen LogP contribution in [0.5, 0.6) is 5.75 Å². The molecule has 142 valence electrons. The summed E-state index contributed by atoms with van der Waals surface area (Å²) in [5.41, 5.74) is 1.01. The van der Waals surface area contributed by atoms with Crippen molar-refractivity contribution < 1.29 is 13.9 Å². The third-order valence-corrected chi connectivity index (χ3v) is 4.98. The van der Waals surface area contributed by atoms with Gasteiger partial charge in [0.25, 0.3) is 0 Å². The van der Waals surface area contributed by atoms with Gasteiger partial charge in [0.05, 0.1) is 23.4 Å². The van der Waals surface area contributed by atoms with Gasteiger partial charge in [-0.3, -0.25) is 4.79 Å². The molecular weight excluding hydrogens is 379 g/mol. The van der Waals surface area contributed by atoms with E-state index in [1.165, 1.54) is 22.1 Å². The highest BCUT2D eigenvalue weighted by Crippen LogP contribution is 2.28. The Morgan fingerprint density at radius 2 is 2.04 bits per heavy atom. The third kappa shape index (κ3) is 3.86. The number of rotatable bonds is 6. The van der Waals surface area contributed by atoms with Gasteiger partial charge in [-0.05, 0) is 31.2 Å². The second kappa shape index (κ2) is 7.77. The lowest BCUT2D eigenvalue weighted by Crippen LogP contribution is -2.17. The van der Waals surface area contributed by atoms with Crippen molar-refractivity contribution in [2.75, 3.05) is 11.9 Å². The smallest absolute Gasteiger partial charge is 0.228 e. The van der Waals surface area contributed by atoms with Crippen LogP contribution in [0.15, 0.2) is 54.6 Å². The first-order valence-corrected chi connectivity index (χ1v) is 9.51. The number of aryl methyl sites for hydroxylation is 1. The Kier molecular flexibility index (Phi) is 5.03. The normalized spacial score (nSPS) is 10.9. The van der Waals surface area contributed by atoms with Crippen LogP contribution in [0.25, 0.3) is 15.3 Å². The first-order valence-electron chi connectivity index (χ1n) is 8.70. The zero-order chi connectivity index (χ0) is 19.5. The molecule has 1 N–H and O–H groups in total. The predicted octanol–water partition coefficient (Wildman–Crippen LogP) is 4.34. The summed E-state index contributed by atoms with van der Waals surface area (Å²) < 4.78 is 21.7. The largest absolute Gasteiger partial charge is 0.493 e. The van der Waals surface area contributed by atoms with Crippen LogP contribution in [0, 0.1) is 12.7 Å². The summed E-state index contributed by atoms with van der Waals surface area (Å²) in [5.74, 6) is 0.617. The summed E-state index contributed by atoms with van der Waals surface area (Å²) in [6, 6.07) is 15.9. The molecule has 0 saturated heterocycles. The van der Waals surface area contributed by atoms with Crippen LogP contribution < -0.4 is 10.1 Å². The van der Waals surface area contributed by atoms with Crippen molar-refractivity contribution in [3.05, 3.63) is 66.1 Å². The maximum Gasteiger partial charge on any atom is 0.228 e. The molecule has 0 atom stereocenters. The Morgan fingerprint density at radius 1 is 1.21 bits per heavy atom. The van der Waals surface area contributed by atoms with E-state index in [0.29, 0.717) is 22.2 Å². The summed E-state index contributed by atoms with van der Waals surface area (Å²) in [5, 5.41) is 7.70. The fourth-order valence-electron chi connectivity index (χ4n) is 2.71. The second-order valence-electron chi connectivity index (χ2n) is 6.13. The highest BCUT2D eigenvalue weighted by atomic mass is 32.1. The van der Waals surface area contributed by atoms with Gasteiger partial charge < -0.3 is 10.1 Å². The van der Waals surface area contributed by atoms with Crippen molar-refractivity contribution in [1.29, 1.82) is 0 Å². The minimum atomic E-state index is -0.382. The van der Waals surface area contributed by atoms with Gasteiger partial charge in [-0.15, -0.1) is 0 Å². The summed E-state index contributed by atoms with van der Waals surface area (Å²) in [4.78, 5) is 16.6. The number of ether oxygens (including phenoxy) is 1. The minimum absolute atomic E-state index is 0.188.